The average molecular weight is 259 g/mol. The highest BCUT2D eigenvalue weighted by molar-refractivity contribution is 5.74. The molecule has 1 N–H and O–H groups in total. The number of rotatable bonds is 5. The van der Waals surface area contributed by atoms with Crippen molar-refractivity contribution in [3.63, 3.8) is 0 Å². The van der Waals surface area contributed by atoms with Gasteiger partial charge in [-0.15, -0.1) is 0 Å². The molecular weight excluding hydrogens is 242 g/mol. The fourth-order valence-corrected chi connectivity index (χ4v) is 1.84. The van der Waals surface area contributed by atoms with E-state index in [0.29, 0.717) is 5.95 Å². The van der Waals surface area contributed by atoms with Crippen molar-refractivity contribution in [3.8, 4) is 22.8 Å². The zero-order chi connectivity index (χ0) is 13.7. The van der Waals surface area contributed by atoms with Crippen LogP contribution in [0, 0.1) is 0 Å². The van der Waals surface area contributed by atoms with Gasteiger partial charge in [-0.2, -0.15) is 0 Å². The van der Waals surface area contributed by atoms with E-state index in [1.54, 1.807) is 20.4 Å². The van der Waals surface area contributed by atoms with Crippen LogP contribution in [0.1, 0.15) is 6.92 Å². The third-order valence-electron chi connectivity index (χ3n) is 2.67. The molecule has 5 nitrogen and oxygen atoms in total. The van der Waals surface area contributed by atoms with E-state index in [0.717, 1.165) is 29.3 Å². The molecule has 0 aliphatic heterocycles. The Hall–Kier alpha value is -2.30. The van der Waals surface area contributed by atoms with E-state index in [1.165, 1.54) is 0 Å². The maximum absolute atomic E-state index is 5.38. The van der Waals surface area contributed by atoms with Crippen molar-refractivity contribution < 1.29 is 9.47 Å². The summed E-state index contributed by atoms with van der Waals surface area (Å²) in [6.45, 7) is 2.77. The summed E-state index contributed by atoms with van der Waals surface area (Å²) in [4.78, 5) is 8.63. The van der Waals surface area contributed by atoms with Gasteiger partial charge in [0, 0.05) is 12.7 Å². The van der Waals surface area contributed by atoms with E-state index in [1.807, 2.05) is 31.2 Å². The molecule has 0 saturated heterocycles. The summed E-state index contributed by atoms with van der Waals surface area (Å²) in [6, 6.07) is 7.48. The van der Waals surface area contributed by atoms with Gasteiger partial charge in [0.2, 0.25) is 5.95 Å². The molecule has 0 aliphatic carbocycles. The summed E-state index contributed by atoms with van der Waals surface area (Å²) in [6.07, 6.45) is 1.71. The van der Waals surface area contributed by atoms with Crippen LogP contribution < -0.4 is 14.8 Å². The minimum Gasteiger partial charge on any atom is -0.496 e. The number of nitrogens with one attached hydrogen (secondary N) is 1. The van der Waals surface area contributed by atoms with Crippen LogP contribution in [-0.2, 0) is 0 Å². The normalized spacial score (nSPS) is 10.1. The van der Waals surface area contributed by atoms with E-state index in [9.17, 15) is 0 Å². The van der Waals surface area contributed by atoms with Crippen molar-refractivity contribution in [2.24, 2.45) is 0 Å². The summed E-state index contributed by atoms with van der Waals surface area (Å²) < 4.78 is 10.8. The molecule has 5 heteroatoms. The number of nitrogens with zero attached hydrogens (tertiary/aromatic N) is 2. The lowest BCUT2D eigenvalue weighted by Crippen LogP contribution is -2.03. The molecule has 1 heterocycles. The van der Waals surface area contributed by atoms with Crippen LogP contribution in [0.4, 0.5) is 5.95 Å². The number of hydrogen-bond acceptors (Lipinski definition) is 5. The van der Waals surface area contributed by atoms with E-state index < -0.39 is 0 Å². The minimum absolute atomic E-state index is 0.591. The Morgan fingerprint density at radius 1 is 1.11 bits per heavy atom. The van der Waals surface area contributed by atoms with Crippen molar-refractivity contribution in [1.29, 1.82) is 0 Å². The molecule has 0 amide bonds. The lowest BCUT2D eigenvalue weighted by molar-refractivity contribution is 0.397. The monoisotopic (exact) mass is 259 g/mol. The molecule has 19 heavy (non-hydrogen) atoms. The standard InChI is InChI=1S/C14H17N3O2/c1-4-15-14-16-9-8-10(17-14)13-11(18-2)6-5-7-12(13)19-3/h5-9H,4H2,1-3H3,(H,15,16,17). The molecular formula is C14H17N3O2. The third-order valence-corrected chi connectivity index (χ3v) is 2.67. The summed E-state index contributed by atoms with van der Waals surface area (Å²) in [5.41, 5.74) is 1.59. The van der Waals surface area contributed by atoms with Crippen LogP contribution in [0.5, 0.6) is 11.5 Å². The summed E-state index contributed by atoms with van der Waals surface area (Å²) in [5, 5.41) is 3.09. The topological polar surface area (TPSA) is 56.3 Å². The smallest absolute Gasteiger partial charge is 0.223 e. The van der Waals surface area contributed by atoms with Crippen molar-refractivity contribution in [1.82, 2.24) is 9.97 Å². The van der Waals surface area contributed by atoms with Gasteiger partial charge in [-0.3, -0.25) is 0 Å². The average Bonchev–Trinajstić information content (AvgIpc) is 2.47. The largest absolute Gasteiger partial charge is 0.496 e. The quantitative estimate of drug-likeness (QED) is 0.894. The first-order valence-electron chi connectivity index (χ1n) is 6.08. The Balaban J connectivity index is 2.53. The highest BCUT2D eigenvalue weighted by atomic mass is 16.5. The number of anilines is 1. The van der Waals surface area contributed by atoms with Crippen molar-refractivity contribution in [2.45, 2.75) is 6.92 Å². The zero-order valence-electron chi connectivity index (χ0n) is 11.3. The van der Waals surface area contributed by atoms with Gasteiger partial charge in [-0.1, -0.05) is 6.07 Å². The van der Waals surface area contributed by atoms with Gasteiger partial charge in [0.15, 0.2) is 0 Å². The second-order valence-corrected chi connectivity index (χ2v) is 3.83. The molecule has 1 aromatic heterocycles. The number of methoxy groups -OCH3 is 2. The van der Waals surface area contributed by atoms with Gasteiger partial charge in [-0.05, 0) is 25.1 Å². The number of hydrogen-bond donors (Lipinski definition) is 1. The summed E-state index contributed by atoms with van der Waals surface area (Å²) >= 11 is 0. The third kappa shape index (κ3) is 2.76. The summed E-state index contributed by atoms with van der Waals surface area (Å²) in [7, 11) is 3.26. The number of aromatic nitrogens is 2. The molecule has 0 fully saturated rings. The number of ether oxygens (including phenoxy) is 2. The van der Waals surface area contributed by atoms with Gasteiger partial charge in [0.1, 0.15) is 11.5 Å². The Bertz CT molecular complexity index is 536. The van der Waals surface area contributed by atoms with Gasteiger partial charge in [0.25, 0.3) is 0 Å². The predicted octanol–water partition coefficient (Wildman–Crippen LogP) is 2.59. The molecule has 0 bridgehead atoms. The van der Waals surface area contributed by atoms with Gasteiger partial charge in [-0.25, -0.2) is 9.97 Å². The zero-order valence-corrected chi connectivity index (χ0v) is 11.3. The molecule has 0 atom stereocenters. The summed E-state index contributed by atoms with van der Waals surface area (Å²) in [5.74, 6) is 2.04. The Morgan fingerprint density at radius 2 is 1.79 bits per heavy atom. The maximum atomic E-state index is 5.38. The second-order valence-electron chi connectivity index (χ2n) is 3.83. The van der Waals surface area contributed by atoms with Gasteiger partial charge < -0.3 is 14.8 Å². The fraction of sp³-hybridized carbons (Fsp3) is 0.286. The highest BCUT2D eigenvalue weighted by Crippen LogP contribution is 2.37. The molecule has 100 valence electrons. The maximum Gasteiger partial charge on any atom is 0.223 e. The number of benzene rings is 1. The molecule has 2 rings (SSSR count). The Kier molecular flexibility index (Phi) is 4.18. The first-order chi connectivity index (χ1) is 9.30. The molecule has 2 aromatic rings. The van der Waals surface area contributed by atoms with Crippen LogP contribution in [0.3, 0.4) is 0 Å². The Labute approximate surface area is 112 Å². The molecule has 0 aliphatic rings. The van der Waals surface area contributed by atoms with E-state index in [-0.39, 0.29) is 0 Å². The fourth-order valence-electron chi connectivity index (χ4n) is 1.84. The van der Waals surface area contributed by atoms with E-state index >= 15 is 0 Å². The van der Waals surface area contributed by atoms with Crippen LogP contribution in [-0.4, -0.2) is 30.7 Å². The molecule has 0 unspecified atom stereocenters. The van der Waals surface area contributed by atoms with Crippen molar-refractivity contribution in [2.75, 3.05) is 26.1 Å². The van der Waals surface area contributed by atoms with Crippen LogP contribution in [0.2, 0.25) is 0 Å². The highest BCUT2D eigenvalue weighted by Gasteiger charge is 2.14. The molecule has 0 spiro atoms. The van der Waals surface area contributed by atoms with Crippen LogP contribution in [0.15, 0.2) is 30.5 Å². The van der Waals surface area contributed by atoms with Gasteiger partial charge in [0.05, 0.1) is 25.5 Å². The lowest BCUT2D eigenvalue weighted by atomic mass is 10.1. The molecule has 1 aromatic carbocycles. The second kappa shape index (κ2) is 6.04. The van der Waals surface area contributed by atoms with Crippen LogP contribution in [0.25, 0.3) is 11.3 Å². The van der Waals surface area contributed by atoms with E-state index in [2.05, 4.69) is 15.3 Å². The minimum atomic E-state index is 0.591. The van der Waals surface area contributed by atoms with Crippen molar-refractivity contribution >= 4 is 5.95 Å². The molecule has 0 saturated carbocycles. The van der Waals surface area contributed by atoms with Crippen molar-refractivity contribution in [3.05, 3.63) is 30.5 Å². The Morgan fingerprint density at radius 3 is 2.37 bits per heavy atom. The van der Waals surface area contributed by atoms with Crippen LogP contribution >= 0.6 is 0 Å². The first-order valence-corrected chi connectivity index (χ1v) is 6.08. The van der Waals surface area contributed by atoms with E-state index in [4.69, 9.17) is 9.47 Å². The SMILES string of the molecule is CCNc1nccc(-c2c(OC)cccc2OC)n1. The first kappa shape index (κ1) is 13.1. The molecule has 0 radical (unpaired) electrons. The predicted molar refractivity (Wildman–Crippen MR) is 74.7 cm³/mol. The van der Waals surface area contributed by atoms with Gasteiger partial charge >= 0.3 is 0 Å². The lowest BCUT2D eigenvalue weighted by Gasteiger charge is -2.13.